The van der Waals surface area contributed by atoms with Gasteiger partial charge in [0.2, 0.25) is 0 Å². The zero-order valence-corrected chi connectivity index (χ0v) is 16.7. The average Bonchev–Trinajstić information content (AvgIpc) is 3.18. The summed E-state index contributed by atoms with van der Waals surface area (Å²) in [4.78, 5) is 41.2. The van der Waals surface area contributed by atoms with Gasteiger partial charge in [-0.15, -0.1) is 0 Å². The van der Waals surface area contributed by atoms with E-state index in [2.05, 4.69) is 5.32 Å². The summed E-state index contributed by atoms with van der Waals surface area (Å²) in [6.07, 6.45) is 0. The molecule has 2 heterocycles. The van der Waals surface area contributed by atoms with Gasteiger partial charge in [-0.1, -0.05) is 12.1 Å². The Morgan fingerprint density at radius 2 is 1.77 bits per heavy atom. The van der Waals surface area contributed by atoms with Crippen LogP contribution in [-0.4, -0.2) is 61.0 Å². The lowest BCUT2D eigenvalue weighted by molar-refractivity contribution is -0.384. The molecule has 2 fully saturated rings. The molecule has 0 aromatic heterocycles. The predicted octanol–water partition coefficient (Wildman–Crippen LogP) is 2.40. The van der Waals surface area contributed by atoms with Crippen LogP contribution in [0.4, 0.5) is 21.9 Å². The Bertz CT molecular complexity index is 1000. The minimum absolute atomic E-state index is 0.0715. The van der Waals surface area contributed by atoms with Crippen LogP contribution < -0.4 is 15.1 Å². The molecule has 9 nitrogen and oxygen atoms in total. The minimum Gasteiger partial charge on any atom is -0.362 e. The van der Waals surface area contributed by atoms with Gasteiger partial charge in [-0.05, 0) is 36.8 Å². The molecule has 0 radical (unpaired) electrons. The smallest absolute Gasteiger partial charge is 0.322 e. The first-order valence-electron chi connectivity index (χ1n) is 9.89. The lowest BCUT2D eigenvalue weighted by Crippen LogP contribution is -2.49. The summed E-state index contributed by atoms with van der Waals surface area (Å²) < 4.78 is 0. The van der Waals surface area contributed by atoms with Crippen LogP contribution in [0.15, 0.2) is 42.5 Å². The summed E-state index contributed by atoms with van der Waals surface area (Å²) in [5, 5.41) is 14.1. The van der Waals surface area contributed by atoms with E-state index >= 15 is 0 Å². The number of piperazine rings is 1. The average molecular weight is 409 g/mol. The Kier molecular flexibility index (Phi) is 5.26. The third-order valence-electron chi connectivity index (χ3n) is 5.58. The fourth-order valence-corrected chi connectivity index (χ4v) is 4.01. The number of benzene rings is 2. The lowest BCUT2D eigenvalue weighted by atomic mass is 10.1. The van der Waals surface area contributed by atoms with E-state index in [0.29, 0.717) is 50.5 Å². The highest BCUT2D eigenvalue weighted by atomic mass is 16.6. The number of rotatable bonds is 4. The van der Waals surface area contributed by atoms with Gasteiger partial charge >= 0.3 is 6.03 Å². The highest BCUT2D eigenvalue weighted by Crippen LogP contribution is 2.29. The second-order valence-electron chi connectivity index (χ2n) is 7.41. The first-order valence-corrected chi connectivity index (χ1v) is 9.89. The van der Waals surface area contributed by atoms with Crippen molar-refractivity contribution in [1.82, 2.24) is 10.2 Å². The van der Waals surface area contributed by atoms with Crippen molar-refractivity contribution in [3.8, 4) is 0 Å². The van der Waals surface area contributed by atoms with Gasteiger partial charge in [0.1, 0.15) is 5.69 Å². The number of aryl methyl sites for hydroxylation is 1. The maximum absolute atomic E-state index is 13.0. The van der Waals surface area contributed by atoms with Crippen molar-refractivity contribution in [3.05, 3.63) is 63.7 Å². The van der Waals surface area contributed by atoms with E-state index in [4.69, 9.17) is 0 Å². The maximum Gasteiger partial charge on any atom is 0.322 e. The number of amides is 3. The fraction of sp³-hybridized carbons (Fsp3) is 0.333. The topological polar surface area (TPSA) is 99.0 Å². The second-order valence-corrected chi connectivity index (χ2v) is 7.41. The Morgan fingerprint density at radius 3 is 2.40 bits per heavy atom. The van der Waals surface area contributed by atoms with Gasteiger partial charge in [0.15, 0.2) is 0 Å². The first-order chi connectivity index (χ1) is 14.5. The van der Waals surface area contributed by atoms with E-state index in [0.717, 1.165) is 11.3 Å². The van der Waals surface area contributed by atoms with Crippen molar-refractivity contribution >= 4 is 29.0 Å². The van der Waals surface area contributed by atoms with Crippen molar-refractivity contribution in [2.75, 3.05) is 49.1 Å². The number of anilines is 2. The van der Waals surface area contributed by atoms with Gasteiger partial charge in [0.05, 0.1) is 4.92 Å². The van der Waals surface area contributed by atoms with E-state index < -0.39 is 0 Å². The van der Waals surface area contributed by atoms with Crippen LogP contribution in [0, 0.1) is 17.0 Å². The van der Waals surface area contributed by atoms with E-state index in [1.807, 2.05) is 24.0 Å². The molecule has 1 N–H and O–H groups in total. The normalized spacial score (nSPS) is 16.6. The molecular formula is C21H23N5O4. The van der Waals surface area contributed by atoms with Gasteiger partial charge in [-0.3, -0.25) is 19.8 Å². The number of carbonyl (C=O) groups is 2. The molecule has 30 heavy (non-hydrogen) atoms. The number of hydrogen-bond donors (Lipinski definition) is 1. The van der Waals surface area contributed by atoms with Gasteiger partial charge in [-0.25, -0.2) is 4.79 Å². The Hall–Kier alpha value is -3.62. The van der Waals surface area contributed by atoms with Crippen LogP contribution in [0.25, 0.3) is 0 Å². The van der Waals surface area contributed by atoms with Crippen molar-refractivity contribution in [1.29, 1.82) is 0 Å². The van der Waals surface area contributed by atoms with E-state index in [1.54, 1.807) is 34.1 Å². The zero-order chi connectivity index (χ0) is 21.3. The van der Waals surface area contributed by atoms with Crippen molar-refractivity contribution in [2.45, 2.75) is 6.92 Å². The molecular weight excluding hydrogens is 386 g/mol. The SMILES string of the molecule is Cc1cc(C(=O)N2CCN(c3ccccc3[N+](=O)[O-])CC2)ccc1N1CCNC1=O. The molecule has 2 aliphatic heterocycles. The van der Waals surface area contributed by atoms with Crippen LogP contribution in [0.5, 0.6) is 0 Å². The number of nitro benzene ring substituents is 1. The van der Waals surface area contributed by atoms with E-state index in [1.165, 1.54) is 6.07 Å². The predicted molar refractivity (Wildman–Crippen MR) is 113 cm³/mol. The molecule has 4 rings (SSSR count). The second kappa shape index (κ2) is 8.02. The molecule has 2 aromatic carbocycles. The van der Waals surface area contributed by atoms with Crippen LogP contribution >= 0.6 is 0 Å². The quantitative estimate of drug-likeness (QED) is 0.618. The molecule has 156 valence electrons. The molecule has 2 aromatic rings. The molecule has 0 unspecified atom stereocenters. The number of nitro groups is 1. The Balaban J connectivity index is 1.44. The molecule has 0 atom stereocenters. The molecule has 2 aliphatic rings. The standard InChI is InChI=1S/C21H23N5O4/c1-15-14-16(6-7-17(15)25-9-8-22-21(25)28)20(27)24-12-10-23(11-13-24)18-4-2-3-5-19(18)26(29)30/h2-7,14H,8-13H2,1H3,(H,22,28). The monoisotopic (exact) mass is 409 g/mol. The van der Waals surface area contributed by atoms with E-state index in [-0.39, 0.29) is 22.5 Å². The molecule has 0 saturated carbocycles. The Morgan fingerprint density at radius 1 is 1.03 bits per heavy atom. The fourth-order valence-electron chi connectivity index (χ4n) is 4.01. The largest absolute Gasteiger partial charge is 0.362 e. The van der Waals surface area contributed by atoms with Gasteiger partial charge in [-0.2, -0.15) is 0 Å². The minimum atomic E-state index is -0.377. The molecule has 3 amide bonds. The Labute approximate surface area is 174 Å². The number of nitrogens with zero attached hydrogens (tertiary/aromatic N) is 4. The summed E-state index contributed by atoms with van der Waals surface area (Å²) in [5.74, 6) is -0.0715. The van der Waals surface area contributed by atoms with Crippen LogP contribution in [-0.2, 0) is 0 Å². The summed E-state index contributed by atoms with van der Waals surface area (Å²) in [7, 11) is 0. The van der Waals surface area contributed by atoms with Gasteiger partial charge in [0, 0.05) is 56.6 Å². The van der Waals surface area contributed by atoms with E-state index in [9.17, 15) is 19.7 Å². The molecule has 0 spiro atoms. The zero-order valence-electron chi connectivity index (χ0n) is 16.7. The number of hydrogen-bond acceptors (Lipinski definition) is 5. The molecule has 0 bridgehead atoms. The highest BCUT2D eigenvalue weighted by molar-refractivity contribution is 5.98. The van der Waals surface area contributed by atoms with Crippen LogP contribution in [0.3, 0.4) is 0 Å². The maximum atomic E-state index is 13.0. The van der Waals surface area contributed by atoms with Crippen molar-refractivity contribution in [2.24, 2.45) is 0 Å². The summed E-state index contributed by atoms with van der Waals surface area (Å²) in [6.45, 7) is 5.15. The van der Waals surface area contributed by atoms with Gasteiger partial charge in [0.25, 0.3) is 11.6 Å². The first kappa shape index (κ1) is 19.7. The third-order valence-corrected chi connectivity index (χ3v) is 5.58. The van der Waals surface area contributed by atoms with Crippen molar-refractivity contribution in [3.63, 3.8) is 0 Å². The van der Waals surface area contributed by atoms with Crippen molar-refractivity contribution < 1.29 is 14.5 Å². The summed E-state index contributed by atoms with van der Waals surface area (Å²) in [6, 6.07) is 11.9. The molecule has 2 saturated heterocycles. The lowest BCUT2D eigenvalue weighted by Gasteiger charge is -2.36. The molecule has 0 aliphatic carbocycles. The highest BCUT2D eigenvalue weighted by Gasteiger charge is 2.27. The third kappa shape index (κ3) is 3.66. The van der Waals surface area contributed by atoms with Crippen LogP contribution in [0.2, 0.25) is 0 Å². The number of carbonyl (C=O) groups excluding carboxylic acids is 2. The van der Waals surface area contributed by atoms with Crippen LogP contribution in [0.1, 0.15) is 15.9 Å². The number of nitrogens with one attached hydrogen (secondary N) is 1. The summed E-state index contributed by atoms with van der Waals surface area (Å²) in [5.41, 5.74) is 2.92. The molecule has 9 heteroatoms. The summed E-state index contributed by atoms with van der Waals surface area (Å²) >= 11 is 0. The number of para-hydroxylation sites is 2. The number of urea groups is 1. The van der Waals surface area contributed by atoms with Gasteiger partial charge < -0.3 is 15.1 Å².